The molecule has 4 nitrogen and oxygen atoms in total. The van der Waals surface area contributed by atoms with E-state index in [0.717, 1.165) is 38.0 Å². The average Bonchev–Trinajstić information content (AvgIpc) is 3.04. The fourth-order valence-corrected chi connectivity index (χ4v) is 9.04. The van der Waals surface area contributed by atoms with Gasteiger partial charge < -0.3 is 14.9 Å². The number of ether oxygens (including phenoxy) is 1. The first-order valence-electron chi connectivity index (χ1n) is 12.1. The Morgan fingerprint density at radius 3 is 2.55 bits per heavy atom. The second-order valence-corrected chi connectivity index (χ2v) is 11.5. The van der Waals surface area contributed by atoms with E-state index in [1.54, 1.807) is 0 Å². The number of hydrogen-bond acceptors (Lipinski definition) is 3. The van der Waals surface area contributed by atoms with E-state index in [4.69, 9.17) is 9.84 Å². The van der Waals surface area contributed by atoms with Crippen LogP contribution >= 0.6 is 0 Å². The van der Waals surface area contributed by atoms with Crippen LogP contribution in [0, 0.1) is 46.3 Å². The average molecular weight is 407 g/mol. The Kier molecular flexibility index (Phi) is 5.83. The molecule has 4 fully saturated rings. The molecule has 2 N–H and O–H groups in total. The van der Waals surface area contributed by atoms with Crippen molar-refractivity contribution in [3.8, 4) is 0 Å². The Morgan fingerprint density at radius 2 is 1.86 bits per heavy atom. The summed E-state index contributed by atoms with van der Waals surface area (Å²) in [6, 6.07) is 0. The zero-order valence-corrected chi connectivity index (χ0v) is 18.9. The third kappa shape index (κ3) is 3.37. The van der Waals surface area contributed by atoms with Gasteiger partial charge in [-0.2, -0.15) is 0 Å². The van der Waals surface area contributed by atoms with Gasteiger partial charge in [-0.15, -0.1) is 0 Å². The van der Waals surface area contributed by atoms with E-state index in [1.165, 1.54) is 25.7 Å². The molecule has 0 bridgehead atoms. The number of aliphatic hydroxyl groups is 1. The van der Waals surface area contributed by atoms with Crippen molar-refractivity contribution < 1.29 is 19.7 Å². The summed E-state index contributed by atoms with van der Waals surface area (Å²) in [4.78, 5) is 11.1. The molecule has 0 spiro atoms. The zero-order valence-electron chi connectivity index (χ0n) is 18.9. The molecule has 4 aliphatic carbocycles. The van der Waals surface area contributed by atoms with Crippen LogP contribution in [0.4, 0.5) is 0 Å². The van der Waals surface area contributed by atoms with Gasteiger partial charge >= 0.3 is 5.97 Å². The lowest BCUT2D eigenvalue weighted by atomic mass is 9.43. The van der Waals surface area contributed by atoms with Gasteiger partial charge in [-0.05, 0) is 104 Å². The highest BCUT2D eigenvalue weighted by molar-refractivity contribution is 5.66. The van der Waals surface area contributed by atoms with Gasteiger partial charge in [-0.25, -0.2) is 0 Å². The molecule has 10 unspecified atom stereocenters. The number of carboxylic acids is 1. The molecular weight excluding hydrogens is 364 g/mol. The monoisotopic (exact) mass is 406 g/mol. The second-order valence-electron chi connectivity index (χ2n) is 11.5. The van der Waals surface area contributed by atoms with E-state index in [1.807, 2.05) is 7.11 Å². The largest absolute Gasteiger partial charge is 0.481 e. The third-order valence-electron chi connectivity index (χ3n) is 10.6. The van der Waals surface area contributed by atoms with Gasteiger partial charge in [0.1, 0.15) is 0 Å². The van der Waals surface area contributed by atoms with Gasteiger partial charge in [-0.1, -0.05) is 20.8 Å². The van der Waals surface area contributed by atoms with Crippen molar-refractivity contribution in [1.82, 2.24) is 0 Å². The van der Waals surface area contributed by atoms with Crippen LogP contribution < -0.4 is 0 Å². The van der Waals surface area contributed by atoms with Crippen LogP contribution in [0.1, 0.15) is 85.0 Å². The third-order valence-corrected chi connectivity index (χ3v) is 10.6. The highest BCUT2D eigenvalue weighted by atomic mass is 16.5. The summed E-state index contributed by atoms with van der Waals surface area (Å²) < 4.78 is 6.24. The van der Waals surface area contributed by atoms with E-state index in [2.05, 4.69) is 20.8 Å². The fraction of sp³-hybridized carbons (Fsp3) is 0.960. The minimum Gasteiger partial charge on any atom is -0.481 e. The van der Waals surface area contributed by atoms with Gasteiger partial charge in [0.05, 0.1) is 12.2 Å². The van der Waals surface area contributed by atoms with Crippen molar-refractivity contribution in [2.24, 2.45) is 46.3 Å². The number of aliphatic hydroxyl groups excluding tert-OH is 1. The van der Waals surface area contributed by atoms with Crippen LogP contribution in [-0.4, -0.2) is 35.5 Å². The number of carboxylic acid groups (broad SMARTS) is 1. The van der Waals surface area contributed by atoms with E-state index < -0.39 is 5.97 Å². The molecule has 0 aromatic heterocycles. The van der Waals surface area contributed by atoms with Gasteiger partial charge in [0.2, 0.25) is 0 Å². The number of rotatable bonds is 5. The summed E-state index contributed by atoms with van der Waals surface area (Å²) in [5.41, 5.74) is 0.526. The highest BCUT2D eigenvalue weighted by Gasteiger charge is 2.64. The number of fused-ring (bicyclic) bond motifs is 5. The maximum atomic E-state index is 11.1. The molecule has 29 heavy (non-hydrogen) atoms. The summed E-state index contributed by atoms with van der Waals surface area (Å²) in [6.07, 6.45) is 10.6. The molecule has 0 heterocycles. The molecular formula is C25H42O4. The van der Waals surface area contributed by atoms with E-state index in [0.29, 0.717) is 35.0 Å². The van der Waals surface area contributed by atoms with Gasteiger partial charge in [0.25, 0.3) is 0 Å². The highest BCUT2D eigenvalue weighted by Crippen LogP contribution is 2.68. The maximum Gasteiger partial charge on any atom is 0.303 e. The van der Waals surface area contributed by atoms with Crippen LogP contribution in [0.5, 0.6) is 0 Å². The van der Waals surface area contributed by atoms with Crippen LogP contribution in [0.2, 0.25) is 0 Å². The molecule has 0 aromatic carbocycles. The molecule has 0 radical (unpaired) electrons. The predicted molar refractivity (Wildman–Crippen MR) is 113 cm³/mol. The minimum absolute atomic E-state index is 0.0948. The van der Waals surface area contributed by atoms with E-state index in [9.17, 15) is 9.90 Å². The Balaban J connectivity index is 1.60. The molecule has 4 aliphatic rings. The summed E-state index contributed by atoms with van der Waals surface area (Å²) in [5.74, 6) is 3.19. The van der Waals surface area contributed by atoms with Gasteiger partial charge in [0.15, 0.2) is 0 Å². The number of methoxy groups -OCH3 is 1. The van der Waals surface area contributed by atoms with Crippen LogP contribution in [0.15, 0.2) is 0 Å². The normalized spacial score (nSPS) is 50.3. The van der Waals surface area contributed by atoms with E-state index >= 15 is 0 Å². The molecule has 0 aromatic rings. The minimum atomic E-state index is -0.672. The molecule has 166 valence electrons. The Morgan fingerprint density at radius 1 is 1.10 bits per heavy atom. The lowest BCUT2D eigenvalue weighted by Crippen LogP contribution is -2.59. The molecule has 0 amide bonds. The molecule has 0 saturated heterocycles. The molecule has 4 heteroatoms. The van der Waals surface area contributed by atoms with Crippen LogP contribution in [0.3, 0.4) is 0 Å². The van der Waals surface area contributed by atoms with Crippen molar-refractivity contribution in [2.45, 2.75) is 97.2 Å². The van der Waals surface area contributed by atoms with Crippen LogP contribution in [0.25, 0.3) is 0 Å². The zero-order chi connectivity index (χ0) is 21.0. The van der Waals surface area contributed by atoms with Crippen molar-refractivity contribution in [3.63, 3.8) is 0 Å². The predicted octanol–water partition coefficient (Wildman–Crippen LogP) is 5.13. The van der Waals surface area contributed by atoms with Crippen molar-refractivity contribution in [3.05, 3.63) is 0 Å². The second kappa shape index (κ2) is 7.82. The standard InChI is InChI=1S/C25H42O4/c1-15(5-10-23(27)28)19-8-9-20-18-7-6-16-13-17(26)11-12-24(16,2)21(18)14-22(29-4)25(19,20)3/h15-22,26H,5-14H2,1-4H3,(H,27,28). The Bertz CT molecular complexity index is 620. The number of hydrogen-bond donors (Lipinski definition) is 2. The van der Waals surface area contributed by atoms with Gasteiger partial charge in [0, 0.05) is 13.5 Å². The number of aliphatic carboxylic acids is 1. The quantitative estimate of drug-likeness (QED) is 0.664. The lowest BCUT2D eigenvalue weighted by molar-refractivity contribution is -0.183. The molecule has 0 aliphatic heterocycles. The SMILES string of the molecule is COC1CC2C(CCC3CC(O)CCC32C)C2CCC(C(C)CCC(=O)O)C12C. The first-order valence-corrected chi connectivity index (χ1v) is 12.1. The van der Waals surface area contributed by atoms with Gasteiger partial charge in [-0.3, -0.25) is 4.79 Å². The molecule has 4 rings (SSSR count). The maximum absolute atomic E-state index is 11.1. The smallest absolute Gasteiger partial charge is 0.303 e. The topological polar surface area (TPSA) is 66.8 Å². The van der Waals surface area contributed by atoms with Crippen molar-refractivity contribution in [1.29, 1.82) is 0 Å². The number of carbonyl (C=O) groups is 1. The lowest BCUT2D eigenvalue weighted by Gasteiger charge is -2.63. The summed E-state index contributed by atoms with van der Waals surface area (Å²) in [7, 11) is 1.90. The van der Waals surface area contributed by atoms with Crippen molar-refractivity contribution >= 4 is 5.97 Å². The first kappa shape index (κ1) is 21.6. The summed E-state index contributed by atoms with van der Waals surface area (Å²) in [5, 5.41) is 19.4. The summed E-state index contributed by atoms with van der Waals surface area (Å²) in [6.45, 7) is 7.29. The van der Waals surface area contributed by atoms with E-state index in [-0.39, 0.29) is 24.0 Å². The van der Waals surface area contributed by atoms with Crippen LogP contribution in [-0.2, 0) is 9.53 Å². The molecule has 10 atom stereocenters. The van der Waals surface area contributed by atoms with Crippen molar-refractivity contribution in [2.75, 3.05) is 7.11 Å². The Hall–Kier alpha value is -0.610. The fourth-order valence-electron chi connectivity index (χ4n) is 9.04. The Labute approximate surface area is 176 Å². The summed E-state index contributed by atoms with van der Waals surface area (Å²) >= 11 is 0. The first-order chi connectivity index (χ1) is 13.7. The molecule has 4 saturated carbocycles.